The maximum atomic E-state index is 17.6. The predicted molar refractivity (Wildman–Crippen MR) is 176 cm³/mol. The van der Waals surface area contributed by atoms with Crippen molar-refractivity contribution in [1.82, 2.24) is 5.06 Å². The zero-order valence-corrected chi connectivity index (χ0v) is 28.0. The molecule has 6 rings (SSSR count). The van der Waals surface area contributed by atoms with Gasteiger partial charge in [0, 0.05) is 41.0 Å². The molecule has 0 amide bonds. The average molecular weight is 688 g/mol. The lowest BCUT2D eigenvalue weighted by atomic mass is 9.45. The van der Waals surface area contributed by atoms with Gasteiger partial charge in [0.1, 0.15) is 17.9 Å². The highest BCUT2D eigenvalue weighted by molar-refractivity contribution is 8.13. The van der Waals surface area contributed by atoms with Crippen LogP contribution in [0.3, 0.4) is 0 Å². The van der Waals surface area contributed by atoms with Crippen LogP contribution < -0.4 is 0 Å². The molecule has 0 bridgehead atoms. The van der Waals surface area contributed by atoms with Crippen molar-refractivity contribution in [1.29, 1.82) is 0 Å². The van der Waals surface area contributed by atoms with Crippen LogP contribution in [0.5, 0.6) is 5.75 Å². The van der Waals surface area contributed by atoms with E-state index in [4.69, 9.17) is 0 Å². The largest absolute Gasteiger partial charge is 0.508 e. The lowest BCUT2D eigenvalue weighted by molar-refractivity contribution is -0.201. The summed E-state index contributed by atoms with van der Waals surface area (Å²) in [4.78, 5) is 26.7. The molecule has 252 valence electrons. The third-order valence-electron chi connectivity index (χ3n) is 11.3. The van der Waals surface area contributed by atoms with Gasteiger partial charge in [0.2, 0.25) is 0 Å². The van der Waals surface area contributed by atoms with E-state index in [0.29, 0.717) is 18.2 Å². The Labute approximate surface area is 281 Å². The molecule has 4 aliphatic carbocycles. The summed E-state index contributed by atoms with van der Waals surface area (Å²) in [5.41, 5.74) is -2.81. The maximum absolute atomic E-state index is 17.6. The Morgan fingerprint density at radius 1 is 1.04 bits per heavy atom. The van der Waals surface area contributed by atoms with Gasteiger partial charge >= 0.3 is 0 Å². The normalized spacial score (nSPS) is 36.1. The van der Waals surface area contributed by atoms with Crippen molar-refractivity contribution < 1.29 is 38.2 Å². The van der Waals surface area contributed by atoms with Crippen LogP contribution >= 0.6 is 23.5 Å². The minimum atomic E-state index is -2.28. The quantitative estimate of drug-likeness (QED) is 0.188. The Morgan fingerprint density at radius 2 is 1.72 bits per heavy atom. The number of phenols is 1. The third-order valence-corrected chi connectivity index (χ3v) is 13.1. The summed E-state index contributed by atoms with van der Waals surface area (Å²) in [7, 11) is 0. The molecule has 11 heteroatoms. The van der Waals surface area contributed by atoms with Gasteiger partial charge in [0.15, 0.2) is 16.6 Å². The van der Waals surface area contributed by atoms with E-state index in [1.807, 2.05) is 43.3 Å². The molecule has 0 saturated heterocycles. The highest BCUT2D eigenvalue weighted by Gasteiger charge is 2.73. The second-order valence-corrected chi connectivity index (χ2v) is 15.9. The van der Waals surface area contributed by atoms with Crippen LogP contribution in [0.15, 0.2) is 77.2 Å². The number of alkyl halides is 3. The highest BCUT2D eigenvalue weighted by atomic mass is 32.2. The molecule has 2 aromatic carbocycles. The fourth-order valence-electron chi connectivity index (χ4n) is 9.17. The average Bonchev–Trinajstić information content (AvgIpc) is 3.31. The van der Waals surface area contributed by atoms with Crippen LogP contribution in [0.1, 0.15) is 44.2 Å². The van der Waals surface area contributed by atoms with E-state index < -0.39 is 69.4 Å². The van der Waals surface area contributed by atoms with Gasteiger partial charge in [0.05, 0.1) is 6.10 Å². The summed E-state index contributed by atoms with van der Waals surface area (Å²) in [5.74, 6) is -2.23. The Bertz CT molecular complexity index is 1570. The molecule has 0 unspecified atom stereocenters. The van der Waals surface area contributed by atoms with E-state index in [1.165, 1.54) is 19.1 Å². The second-order valence-electron chi connectivity index (χ2n) is 13.9. The minimum Gasteiger partial charge on any atom is -0.508 e. The van der Waals surface area contributed by atoms with Crippen molar-refractivity contribution in [3.63, 3.8) is 0 Å². The van der Waals surface area contributed by atoms with Crippen LogP contribution in [0.2, 0.25) is 0 Å². The highest BCUT2D eigenvalue weighted by Crippen LogP contribution is 2.70. The number of fused-ring (bicyclic) bond motifs is 5. The van der Waals surface area contributed by atoms with Crippen molar-refractivity contribution >= 4 is 34.4 Å². The lowest BCUT2D eigenvalue weighted by Crippen LogP contribution is -2.68. The number of phenolic OH excluding ortho intramolecular Hbond substituents is 1. The molecule has 2 aromatic rings. The number of aliphatic hydroxyl groups is 1. The van der Waals surface area contributed by atoms with Crippen molar-refractivity contribution in [3.05, 3.63) is 83.5 Å². The molecule has 0 aliphatic heterocycles. The molecule has 0 heterocycles. The summed E-state index contributed by atoms with van der Waals surface area (Å²) >= 11 is 2.18. The number of hydroxylamine groups is 2. The van der Waals surface area contributed by atoms with Crippen molar-refractivity contribution in [2.75, 3.05) is 12.6 Å². The minimum absolute atomic E-state index is 0.0352. The summed E-state index contributed by atoms with van der Waals surface area (Å²) in [6, 6.07) is 13.8. The number of carbonyl (C=O) groups is 2. The number of allylic oxidation sites excluding steroid dienone is 4. The smallest absolute Gasteiger partial charge is 0.195 e. The monoisotopic (exact) mass is 687 g/mol. The number of hydrogen-bond acceptors (Lipinski definition) is 8. The fraction of sp³-hybridized carbons (Fsp3) is 0.500. The molecule has 3 N–H and O–H groups in total. The number of benzene rings is 2. The first-order valence-corrected chi connectivity index (χ1v) is 17.9. The molecular weight excluding hydrogens is 648 g/mol. The van der Waals surface area contributed by atoms with Crippen molar-refractivity contribution in [2.24, 2.45) is 34.5 Å². The van der Waals surface area contributed by atoms with Crippen molar-refractivity contribution in [2.45, 2.75) is 68.2 Å². The molecule has 0 aromatic heterocycles. The number of rotatable bonds is 9. The first-order chi connectivity index (χ1) is 22.3. The molecule has 6 nitrogen and oxygen atoms in total. The Balaban J connectivity index is 1.20. The van der Waals surface area contributed by atoms with Crippen LogP contribution in [0, 0.1) is 34.5 Å². The van der Waals surface area contributed by atoms with E-state index in [0.717, 1.165) is 32.9 Å². The summed E-state index contributed by atoms with van der Waals surface area (Å²) in [6.45, 7) is 3.58. The lowest BCUT2D eigenvalue weighted by Gasteiger charge is -2.62. The Hall–Kier alpha value is -2.57. The number of aliphatic hydroxyl groups excluding tert-OH is 1. The molecule has 0 radical (unpaired) electrons. The number of hydrogen-bond donors (Lipinski definition) is 3. The van der Waals surface area contributed by atoms with Gasteiger partial charge in [-0.15, -0.1) is 11.8 Å². The summed E-state index contributed by atoms with van der Waals surface area (Å²) in [6.07, 6.45) is 0.604. The van der Waals surface area contributed by atoms with Gasteiger partial charge < -0.3 is 15.4 Å². The van der Waals surface area contributed by atoms with Crippen LogP contribution in [0.4, 0.5) is 13.2 Å². The summed E-state index contributed by atoms with van der Waals surface area (Å²) < 4.78 is 46.9. The van der Waals surface area contributed by atoms with E-state index in [1.54, 1.807) is 23.9 Å². The molecule has 0 spiro atoms. The standard InChI is InChI=1S/C36H40F3NO5S2/c1-34-16-31(43)36(39)28(15-30(38)29-14-25(42)11-12-35(29,36)2)27(34)13-23(32(34)33(44)47-20-37)18-40(45)17-21-3-5-22(6-4-21)19-46-26-9-7-24(41)8-10-26/h3-12,14,23,27-28,30-32,41,43,45H,13,15-20H2,1-2H3/t23-,27-,28-,30-,31-,32+,34-,35-,36-/m0/s1. The van der Waals surface area contributed by atoms with Crippen molar-refractivity contribution in [3.8, 4) is 5.75 Å². The molecule has 3 fully saturated rings. The predicted octanol–water partition coefficient (Wildman–Crippen LogP) is 7.22. The van der Waals surface area contributed by atoms with E-state index in [9.17, 15) is 29.4 Å². The summed E-state index contributed by atoms with van der Waals surface area (Å²) in [5, 5.41) is 32.9. The van der Waals surface area contributed by atoms with Gasteiger partial charge in [-0.2, -0.15) is 5.06 Å². The molecule has 3 saturated carbocycles. The van der Waals surface area contributed by atoms with E-state index >= 15 is 8.78 Å². The number of aromatic hydroxyl groups is 1. The van der Waals surface area contributed by atoms with Crippen LogP contribution in [-0.4, -0.2) is 61.9 Å². The molecule has 47 heavy (non-hydrogen) atoms. The Morgan fingerprint density at radius 3 is 2.40 bits per heavy atom. The molecule has 4 aliphatic rings. The van der Waals surface area contributed by atoms with Crippen LogP contribution in [0.25, 0.3) is 0 Å². The zero-order valence-electron chi connectivity index (χ0n) is 26.3. The topological polar surface area (TPSA) is 98.1 Å². The van der Waals surface area contributed by atoms with E-state index in [-0.39, 0.29) is 37.3 Å². The Kier molecular flexibility index (Phi) is 9.52. The zero-order chi connectivity index (χ0) is 33.7. The fourth-order valence-corrected chi connectivity index (χ4v) is 10.8. The number of ketones is 1. The number of nitrogens with zero attached hydrogens (tertiary/aromatic N) is 1. The van der Waals surface area contributed by atoms with E-state index in [2.05, 4.69) is 0 Å². The molecule has 9 atom stereocenters. The second kappa shape index (κ2) is 13.0. The molecular formula is C36H40F3NO5S2. The maximum Gasteiger partial charge on any atom is 0.195 e. The number of thioether (sulfide) groups is 2. The third kappa shape index (κ3) is 6.00. The SMILES string of the molecule is C[C@]12C[C@H](O)[C@@]3(F)[C@@H](C[C@H](F)C4=CC(=O)C=C[C@@]43C)[C@@H]1C[C@@H](CN(O)Cc1ccc(CSc3ccc(O)cc3)cc1)[C@@H]2C(=O)SCF. The van der Waals surface area contributed by atoms with Gasteiger partial charge in [-0.1, -0.05) is 49.0 Å². The van der Waals surface area contributed by atoms with Gasteiger partial charge in [-0.3, -0.25) is 9.59 Å². The number of carbonyl (C=O) groups excluding carboxylic acids is 2. The number of halogens is 3. The van der Waals surface area contributed by atoms with Gasteiger partial charge in [-0.05, 0) is 96.6 Å². The van der Waals surface area contributed by atoms with Gasteiger partial charge in [-0.25, -0.2) is 13.2 Å². The first kappa shape index (κ1) is 34.3. The van der Waals surface area contributed by atoms with Gasteiger partial charge in [0.25, 0.3) is 0 Å². The first-order valence-electron chi connectivity index (χ1n) is 15.9. The van der Waals surface area contributed by atoms with Crippen LogP contribution in [-0.2, 0) is 21.9 Å².